The average Bonchev–Trinajstić information content (AvgIpc) is 3.16. The second-order valence-electron chi connectivity index (χ2n) is 7.59. The molecule has 2 nitrogen and oxygen atoms in total. The van der Waals surface area contributed by atoms with Crippen LogP contribution in [0.5, 0.6) is 0 Å². The zero-order chi connectivity index (χ0) is 13.2. The number of likely N-dealkylation sites (tertiary alicyclic amines) is 1. The molecule has 0 radical (unpaired) electrons. The number of nitrogens with zero attached hydrogens (tertiary/aromatic N) is 1. The van der Waals surface area contributed by atoms with E-state index < -0.39 is 0 Å². The first-order chi connectivity index (χ1) is 9.24. The van der Waals surface area contributed by atoms with Gasteiger partial charge in [0.15, 0.2) is 0 Å². The van der Waals surface area contributed by atoms with Crippen molar-refractivity contribution in [1.29, 1.82) is 0 Å². The Morgan fingerprint density at radius 2 is 1.84 bits per heavy atom. The molecular formula is C17H32N2. The standard InChI is InChI=1S/C17H32N2/c1-13(2)16-5-3-4-6-17(16)18-11-14-9-10-19(12-14)15-7-8-15/h13-18H,3-12H2,1-2H3. The van der Waals surface area contributed by atoms with Crippen LogP contribution >= 0.6 is 0 Å². The molecule has 1 heterocycles. The summed E-state index contributed by atoms with van der Waals surface area (Å²) in [5.74, 6) is 2.70. The topological polar surface area (TPSA) is 15.3 Å². The van der Waals surface area contributed by atoms with Crippen LogP contribution in [0.4, 0.5) is 0 Å². The van der Waals surface area contributed by atoms with Crippen molar-refractivity contribution in [3.05, 3.63) is 0 Å². The molecule has 2 heteroatoms. The van der Waals surface area contributed by atoms with Crippen molar-refractivity contribution in [2.75, 3.05) is 19.6 Å². The van der Waals surface area contributed by atoms with E-state index in [0.29, 0.717) is 0 Å². The van der Waals surface area contributed by atoms with E-state index in [1.807, 2.05) is 0 Å². The number of rotatable bonds is 5. The molecule has 3 atom stereocenters. The molecule has 19 heavy (non-hydrogen) atoms. The van der Waals surface area contributed by atoms with Crippen molar-refractivity contribution >= 4 is 0 Å². The molecule has 3 aliphatic rings. The highest BCUT2D eigenvalue weighted by Crippen LogP contribution is 2.33. The van der Waals surface area contributed by atoms with E-state index in [9.17, 15) is 0 Å². The van der Waals surface area contributed by atoms with Gasteiger partial charge in [0.2, 0.25) is 0 Å². The molecule has 1 N–H and O–H groups in total. The van der Waals surface area contributed by atoms with Crippen LogP contribution < -0.4 is 5.32 Å². The Hall–Kier alpha value is -0.0800. The molecule has 0 aromatic rings. The fourth-order valence-corrected chi connectivity index (χ4v) is 4.33. The molecule has 3 rings (SSSR count). The van der Waals surface area contributed by atoms with E-state index in [4.69, 9.17) is 0 Å². The highest BCUT2D eigenvalue weighted by molar-refractivity contribution is 4.91. The van der Waals surface area contributed by atoms with Gasteiger partial charge in [0.05, 0.1) is 0 Å². The highest BCUT2D eigenvalue weighted by atomic mass is 15.2. The second kappa shape index (κ2) is 6.13. The van der Waals surface area contributed by atoms with E-state index >= 15 is 0 Å². The molecule has 3 fully saturated rings. The maximum Gasteiger partial charge on any atom is 0.00978 e. The van der Waals surface area contributed by atoms with Gasteiger partial charge in [-0.1, -0.05) is 26.7 Å². The summed E-state index contributed by atoms with van der Waals surface area (Å²) in [4.78, 5) is 2.74. The molecule has 0 amide bonds. The molecule has 1 aliphatic heterocycles. The van der Waals surface area contributed by atoms with Crippen LogP contribution in [0.1, 0.15) is 58.8 Å². The van der Waals surface area contributed by atoms with Crippen molar-refractivity contribution in [2.45, 2.75) is 70.9 Å². The third-order valence-electron chi connectivity index (χ3n) is 5.72. The van der Waals surface area contributed by atoms with Gasteiger partial charge in [-0.25, -0.2) is 0 Å². The van der Waals surface area contributed by atoms with Gasteiger partial charge in [-0.05, 0) is 62.9 Å². The molecule has 2 saturated carbocycles. The lowest BCUT2D eigenvalue weighted by molar-refractivity contribution is 0.198. The van der Waals surface area contributed by atoms with Gasteiger partial charge in [0, 0.05) is 18.6 Å². The lowest BCUT2D eigenvalue weighted by Gasteiger charge is -2.35. The van der Waals surface area contributed by atoms with Crippen LogP contribution in [0, 0.1) is 17.8 Å². The van der Waals surface area contributed by atoms with Crippen LogP contribution in [0.15, 0.2) is 0 Å². The predicted octanol–water partition coefficient (Wildman–Crippen LogP) is 3.28. The van der Waals surface area contributed by atoms with E-state index in [2.05, 4.69) is 24.1 Å². The van der Waals surface area contributed by atoms with Crippen LogP contribution in [-0.2, 0) is 0 Å². The van der Waals surface area contributed by atoms with Gasteiger partial charge >= 0.3 is 0 Å². The Kier molecular flexibility index (Phi) is 4.48. The summed E-state index contributed by atoms with van der Waals surface area (Å²) < 4.78 is 0. The fraction of sp³-hybridized carbons (Fsp3) is 1.00. The third-order valence-corrected chi connectivity index (χ3v) is 5.72. The van der Waals surface area contributed by atoms with E-state index in [0.717, 1.165) is 29.8 Å². The summed E-state index contributed by atoms with van der Waals surface area (Å²) >= 11 is 0. The zero-order valence-electron chi connectivity index (χ0n) is 12.9. The van der Waals surface area contributed by atoms with Gasteiger partial charge in [-0.2, -0.15) is 0 Å². The minimum atomic E-state index is 0.809. The molecule has 0 aromatic carbocycles. The van der Waals surface area contributed by atoms with E-state index in [1.165, 1.54) is 64.6 Å². The summed E-state index contributed by atoms with van der Waals surface area (Å²) in [6.07, 6.45) is 10.1. The first kappa shape index (κ1) is 13.9. The van der Waals surface area contributed by atoms with Crippen molar-refractivity contribution in [1.82, 2.24) is 10.2 Å². The Morgan fingerprint density at radius 1 is 1.05 bits per heavy atom. The minimum absolute atomic E-state index is 0.809. The first-order valence-corrected chi connectivity index (χ1v) is 8.71. The summed E-state index contributed by atoms with van der Waals surface area (Å²) in [6, 6.07) is 1.78. The molecule has 2 aliphatic carbocycles. The summed E-state index contributed by atoms with van der Waals surface area (Å²) in [5, 5.41) is 3.95. The first-order valence-electron chi connectivity index (χ1n) is 8.71. The van der Waals surface area contributed by atoms with E-state index in [-0.39, 0.29) is 0 Å². The van der Waals surface area contributed by atoms with Gasteiger partial charge in [-0.3, -0.25) is 0 Å². The van der Waals surface area contributed by atoms with Crippen LogP contribution in [0.25, 0.3) is 0 Å². The largest absolute Gasteiger partial charge is 0.313 e. The van der Waals surface area contributed by atoms with Crippen molar-refractivity contribution in [2.24, 2.45) is 17.8 Å². The fourth-order valence-electron chi connectivity index (χ4n) is 4.33. The van der Waals surface area contributed by atoms with Gasteiger partial charge in [-0.15, -0.1) is 0 Å². The lowest BCUT2D eigenvalue weighted by atomic mass is 9.77. The number of nitrogens with one attached hydrogen (secondary N) is 1. The van der Waals surface area contributed by atoms with Crippen LogP contribution in [-0.4, -0.2) is 36.6 Å². The van der Waals surface area contributed by atoms with Gasteiger partial charge in [0.25, 0.3) is 0 Å². The predicted molar refractivity (Wildman–Crippen MR) is 81.3 cm³/mol. The minimum Gasteiger partial charge on any atom is -0.313 e. The van der Waals surface area contributed by atoms with Crippen LogP contribution in [0.2, 0.25) is 0 Å². The third kappa shape index (κ3) is 3.52. The quantitative estimate of drug-likeness (QED) is 0.820. The smallest absolute Gasteiger partial charge is 0.00978 e. The molecule has 0 spiro atoms. The second-order valence-corrected chi connectivity index (χ2v) is 7.59. The lowest BCUT2D eigenvalue weighted by Crippen LogP contribution is -2.43. The maximum absolute atomic E-state index is 3.95. The molecule has 0 bridgehead atoms. The average molecular weight is 264 g/mol. The summed E-state index contributed by atoms with van der Waals surface area (Å²) in [7, 11) is 0. The number of hydrogen-bond acceptors (Lipinski definition) is 2. The van der Waals surface area contributed by atoms with Crippen molar-refractivity contribution < 1.29 is 0 Å². The molecule has 3 unspecified atom stereocenters. The van der Waals surface area contributed by atoms with Crippen molar-refractivity contribution in [3.63, 3.8) is 0 Å². The van der Waals surface area contributed by atoms with Gasteiger partial charge in [0.1, 0.15) is 0 Å². The molecule has 110 valence electrons. The Bertz CT molecular complexity index is 285. The highest BCUT2D eigenvalue weighted by Gasteiger charge is 2.35. The van der Waals surface area contributed by atoms with Crippen molar-refractivity contribution in [3.8, 4) is 0 Å². The van der Waals surface area contributed by atoms with Crippen LogP contribution in [0.3, 0.4) is 0 Å². The Balaban J connectivity index is 1.43. The number of hydrogen-bond donors (Lipinski definition) is 1. The normalized spacial score (nSPS) is 37.1. The maximum atomic E-state index is 3.95. The van der Waals surface area contributed by atoms with Gasteiger partial charge < -0.3 is 10.2 Å². The summed E-state index contributed by atoms with van der Waals surface area (Å²) in [5.41, 5.74) is 0. The molecule has 0 aromatic heterocycles. The monoisotopic (exact) mass is 264 g/mol. The van der Waals surface area contributed by atoms with E-state index in [1.54, 1.807) is 0 Å². The zero-order valence-corrected chi connectivity index (χ0v) is 12.9. The Labute approximate surface area is 119 Å². The summed E-state index contributed by atoms with van der Waals surface area (Å²) in [6.45, 7) is 8.84. The SMILES string of the molecule is CC(C)C1CCCCC1NCC1CCN(C2CC2)C1. The molecule has 1 saturated heterocycles. The Morgan fingerprint density at radius 3 is 2.58 bits per heavy atom. The molecular weight excluding hydrogens is 232 g/mol.